The number of hydrogen-bond donors (Lipinski definition) is 1. The third kappa shape index (κ3) is 4.70. The second kappa shape index (κ2) is 8.34. The van der Waals surface area contributed by atoms with Gasteiger partial charge in [-0.3, -0.25) is 9.59 Å². The minimum Gasteiger partial charge on any atom is -0.493 e. The molecule has 0 bridgehead atoms. The van der Waals surface area contributed by atoms with E-state index in [2.05, 4.69) is 28.2 Å². The van der Waals surface area contributed by atoms with Gasteiger partial charge >= 0.3 is 0 Å². The van der Waals surface area contributed by atoms with Crippen molar-refractivity contribution in [3.05, 3.63) is 22.2 Å². The number of aldehydes is 1. The van der Waals surface area contributed by atoms with Crippen molar-refractivity contribution in [3.8, 4) is 11.5 Å². The van der Waals surface area contributed by atoms with Gasteiger partial charge in [-0.2, -0.15) is 0 Å². The van der Waals surface area contributed by atoms with Gasteiger partial charge in [0.05, 0.1) is 7.11 Å². The molecular formula is C17H22BrNO4. The van der Waals surface area contributed by atoms with E-state index in [4.69, 9.17) is 9.47 Å². The first-order valence-electron chi connectivity index (χ1n) is 7.80. The molecule has 126 valence electrons. The lowest BCUT2D eigenvalue weighted by Gasteiger charge is -2.29. The van der Waals surface area contributed by atoms with Gasteiger partial charge in [0.15, 0.2) is 24.4 Å². The molecule has 0 saturated heterocycles. The Morgan fingerprint density at radius 2 is 2.09 bits per heavy atom. The first-order valence-corrected chi connectivity index (χ1v) is 8.59. The Bertz CT molecular complexity index is 576. The van der Waals surface area contributed by atoms with Crippen LogP contribution in [-0.4, -0.2) is 32.0 Å². The highest BCUT2D eigenvalue weighted by atomic mass is 79.9. The summed E-state index contributed by atoms with van der Waals surface area (Å²) in [5, 5.41) is 3.03. The predicted octanol–water partition coefficient (Wildman–Crippen LogP) is 3.34. The van der Waals surface area contributed by atoms with Crippen LogP contribution in [0.25, 0.3) is 0 Å². The van der Waals surface area contributed by atoms with Crippen LogP contribution >= 0.6 is 15.9 Å². The lowest BCUT2D eigenvalue weighted by molar-refractivity contribution is -0.124. The molecule has 2 atom stereocenters. The van der Waals surface area contributed by atoms with E-state index in [1.165, 1.54) is 13.5 Å². The van der Waals surface area contributed by atoms with E-state index in [1.807, 2.05) is 0 Å². The van der Waals surface area contributed by atoms with E-state index in [0.29, 0.717) is 27.5 Å². The van der Waals surface area contributed by atoms with Crippen molar-refractivity contribution in [3.63, 3.8) is 0 Å². The van der Waals surface area contributed by atoms with E-state index in [1.54, 1.807) is 12.1 Å². The van der Waals surface area contributed by atoms with Crippen LogP contribution in [0.3, 0.4) is 0 Å². The highest BCUT2D eigenvalue weighted by Gasteiger charge is 2.23. The minimum absolute atomic E-state index is 0.0977. The molecule has 0 radical (unpaired) electrons. The lowest BCUT2D eigenvalue weighted by Crippen LogP contribution is -2.43. The molecule has 1 saturated carbocycles. The molecule has 1 amide bonds. The molecule has 2 rings (SSSR count). The van der Waals surface area contributed by atoms with Crippen molar-refractivity contribution in [2.45, 2.75) is 38.6 Å². The van der Waals surface area contributed by atoms with Gasteiger partial charge in [-0.25, -0.2) is 0 Å². The van der Waals surface area contributed by atoms with Crippen LogP contribution in [0.2, 0.25) is 0 Å². The Morgan fingerprint density at radius 3 is 2.74 bits per heavy atom. The molecule has 0 unspecified atom stereocenters. The molecule has 0 aromatic heterocycles. The monoisotopic (exact) mass is 383 g/mol. The molecule has 0 aliphatic heterocycles. The molecule has 1 N–H and O–H groups in total. The standard InChI is InChI=1S/C17H22BrNO4/c1-11-5-3-4-6-14(11)19-17(21)10-23-16-7-12(9-20)13(18)8-15(16)22-2/h7-9,11,14H,3-6,10H2,1-2H3,(H,19,21)/t11-,14-/m1/s1. The van der Waals surface area contributed by atoms with Crippen LogP contribution in [0.5, 0.6) is 11.5 Å². The van der Waals surface area contributed by atoms with E-state index in [-0.39, 0.29) is 18.6 Å². The van der Waals surface area contributed by atoms with Crippen molar-refractivity contribution < 1.29 is 19.1 Å². The zero-order chi connectivity index (χ0) is 16.8. The summed E-state index contributed by atoms with van der Waals surface area (Å²) in [5.74, 6) is 1.20. The van der Waals surface area contributed by atoms with Crippen molar-refractivity contribution in [1.82, 2.24) is 5.32 Å². The quantitative estimate of drug-likeness (QED) is 0.765. The summed E-state index contributed by atoms with van der Waals surface area (Å²) in [6, 6.07) is 3.43. The summed E-state index contributed by atoms with van der Waals surface area (Å²) >= 11 is 3.29. The van der Waals surface area contributed by atoms with E-state index in [9.17, 15) is 9.59 Å². The molecule has 23 heavy (non-hydrogen) atoms. The molecule has 1 aliphatic carbocycles. The van der Waals surface area contributed by atoms with Crippen molar-refractivity contribution in [1.29, 1.82) is 0 Å². The smallest absolute Gasteiger partial charge is 0.258 e. The van der Waals surface area contributed by atoms with Crippen LogP contribution in [-0.2, 0) is 4.79 Å². The highest BCUT2D eigenvalue weighted by molar-refractivity contribution is 9.10. The Hall–Kier alpha value is -1.56. The topological polar surface area (TPSA) is 64.6 Å². The molecule has 0 heterocycles. The largest absolute Gasteiger partial charge is 0.493 e. The van der Waals surface area contributed by atoms with Crippen LogP contribution in [0, 0.1) is 5.92 Å². The van der Waals surface area contributed by atoms with Gasteiger partial charge < -0.3 is 14.8 Å². The fourth-order valence-corrected chi connectivity index (χ4v) is 3.25. The van der Waals surface area contributed by atoms with Crippen molar-refractivity contribution in [2.24, 2.45) is 5.92 Å². The normalized spacial score (nSPS) is 20.7. The SMILES string of the molecule is COc1cc(Br)c(C=O)cc1OCC(=O)N[C@@H]1CCCC[C@H]1C. The number of halogens is 1. The zero-order valence-corrected chi connectivity index (χ0v) is 15.0. The number of amides is 1. The molecule has 1 aromatic carbocycles. The van der Waals surface area contributed by atoms with Gasteiger partial charge in [-0.1, -0.05) is 19.8 Å². The number of carbonyl (C=O) groups is 2. The van der Waals surface area contributed by atoms with E-state index >= 15 is 0 Å². The van der Waals surface area contributed by atoms with Crippen molar-refractivity contribution >= 4 is 28.1 Å². The van der Waals surface area contributed by atoms with Gasteiger partial charge in [-0.05, 0) is 46.8 Å². The predicted molar refractivity (Wildman–Crippen MR) is 91.1 cm³/mol. The lowest BCUT2D eigenvalue weighted by atomic mass is 9.86. The summed E-state index contributed by atoms with van der Waals surface area (Å²) in [6.07, 6.45) is 5.27. The number of hydrogen-bond acceptors (Lipinski definition) is 4. The molecule has 0 spiro atoms. The Labute approximate surface area is 144 Å². The third-order valence-electron chi connectivity index (χ3n) is 4.23. The zero-order valence-electron chi connectivity index (χ0n) is 13.4. The van der Waals surface area contributed by atoms with E-state index < -0.39 is 0 Å². The maximum atomic E-state index is 12.1. The van der Waals surface area contributed by atoms with Crippen LogP contribution < -0.4 is 14.8 Å². The number of nitrogens with one attached hydrogen (secondary N) is 1. The van der Waals surface area contributed by atoms with Gasteiger partial charge in [0, 0.05) is 16.1 Å². The summed E-state index contributed by atoms with van der Waals surface area (Å²) in [6.45, 7) is 2.07. The van der Waals surface area contributed by atoms with Crippen LogP contribution in [0.1, 0.15) is 43.0 Å². The van der Waals surface area contributed by atoms with Gasteiger partial charge in [0.25, 0.3) is 5.91 Å². The first-order chi connectivity index (χ1) is 11.0. The van der Waals surface area contributed by atoms with Crippen molar-refractivity contribution in [2.75, 3.05) is 13.7 Å². The highest BCUT2D eigenvalue weighted by Crippen LogP contribution is 2.32. The summed E-state index contributed by atoms with van der Waals surface area (Å²) in [7, 11) is 1.51. The maximum Gasteiger partial charge on any atom is 0.258 e. The number of carbonyl (C=O) groups excluding carboxylic acids is 2. The summed E-state index contributed by atoms with van der Waals surface area (Å²) in [4.78, 5) is 23.1. The second-order valence-corrected chi connectivity index (χ2v) is 6.72. The molecule has 6 heteroatoms. The van der Waals surface area contributed by atoms with Crippen LogP contribution in [0.15, 0.2) is 16.6 Å². The molecule has 5 nitrogen and oxygen atoms in total. The molecule has 1 aliphatic rings. The van der Waals surface area contributed by atoms with Gasteiger partial charge in [0.2, 0.25) is 0 Å². The average molecular weight is 384 g/mol. The Morgan fingerprint density at radius 1 is 1.35 bits per heavy atom. The molecule has 1 aromatic rings. The number of methoxy groups -OCH3 is 1. The van der Waals surface area contributed by atoms with Crippen LogP contribution in [0.4, 0.5) is 0 Å². The molecule has 1 fully saturated rings. The Balaban J connectivity index is 1.96. The first kappa shape index (κ1) is 17.8. The maximum absolute atomic E-state index is 12.1. The third-order valence-corrected chi connectivity index (χ3v) is 4.91. The number of rotatable bonds is 6. The second-order valence-electron chi connectivity index (χ2n) is 5.87. The van der Waals surface area contributed by atoms with Gasteiger partial charge in [0.1, 0.15) is 0 Å². The van der Waals surface area contributed by atoms with E-state index in [0.717, 1.165) is 25.5 Å². The summed E-state index contributed by atoms with van der Waals surface area (Å²) in [5.41, 5.74) is 0.446. The fraction of sp³-hybridized carbons (Fsp3) is 0.529. The number of ether oxygens (including phenoxy) is 2. The fourth-order valence-electron chi connectivity index (χ4n) is 2.84. The van der Waals surface area contributed by atoms with Gasteiger partial charge in [-0.15, -0.1) is 0 Å². The average Bonchev–Trinajstić information content (AvgIpc) is 2.55. The molecular weight excluding hydrogens is 362 g/mol. The number of benzene rings is 1. The summed E-state index contributed by atoms with van der Waals surface area (Å²) < 4.78 is 11.4. The minimum atomic E-state index is -0.152. The Kier molecular flexibility index (Phi) is 6.45.